The predicted octanol–water partition coefficient (Wildman–Crippen LogP) is 3.83. The van der Waals surface area contributed by atoms with E-state index in [1.54, 1.807) is 22.7 Å². The quantitative estimate of drug-likeness (QED) is 0.699. The average molecular weight is 404 g/mol. The number of anilines is 1. The molecule has 1 N–H and O–H groups in total. The van der Waals surface area contributed by atoms with Gasteiger partial charge in [-0.05, 0) is 33.3 Å². The molecule has 0 unspecified atom stereocenters. The fourth-order valence-electron chi connectivity index (χ4n) is 3.36. The third-order valence-corrected chi connectivity index (χ3v) is 7.00. The Morgan fingerprint density at radius 1 is 1.00 bits per heavy atom. The Kier molecular flexibility index (Phi) is 5.41. The lowest BCUT2D eigenvalue weighted by Gasteiger charge is -2.25. The van der Waals surface area contributed by atoms with Crippen molar-refractivity contribution in [2.24, 2.45) is 0 Å². The first kappa shape index (κ1) is 18.7. The molecule has 0 saturated carbocycles. The van der Waals surface area contributed by atoms with Gasteiger partial charge in [-0.1, -0.05) is 0 Å². The lowest BCUT2D eigenvalue weighted by molar-refractivity contribution is 0.0331. The Bertz CT molecular complexity index is 959. The highest BCUT2D eigenvalue weighted by atomic mass is 32.1. The molecule has 3 aromatic rings. The van der Waals surface area contributed by atoms with Gasteiger partial charge in [-0.15, -0.1) is 22.7 Å². The molecule has 0 bridgehead atoms. The van der Waals surface area contributed by atoms with Crippen molar-refractivity contribution in [1.29, 1.82) is 0 Å². The number of morpholine rings is 1. The molecule has 0 aliphatic carbocycles. The number of nitrogens with zero attached hydrogens (tertiary/aromatic N) is 4. The van der Waals surface area contributed by atoms with Crippen LogP contribution in [0.25, 0.3) is 10.2 Å². The first-order valence-corrected chi connectivity index (χ1v) is 10.9. The van der Waals surface area contributed by atoms with Crippen LogP contribution in [0.2, 0.25) is 0 Å². The summed E-state index contributed by atoms with van der Waals surface area (Å²) in [4.78, 5) is 20.4. The molecule has 8 heteroatoms. The largest absolute Gasteiger partial charge is 0.379 e. The smallest absolute Gasteiger partial charge is 0.146 e. The molecule has 0 atom stereocenters. The minimum Gasteiger partial charge on any atom is -0.379 e. The van der Waals surface area contributed by atoms with E-state index in [0.29, 0.717) is 6.54 Å². The number of aromatic nitrogens is 3. The van der Waals surface area contributed by atoms with E-state index in [1.165, 1.54) is 15.3 Å². The van der Waals surface area contributed by atoms with E-state index in [0.717, 1.165) is 65.4 Å². The lowest BCUT2D eigenvalue weighted by Crippen LogP contribution is -2.36. The summed E-state index contributed by atoms with van der Waals surface area (Å²) in [5.41, 5.74) is 2.37. The van der Waals surface area contributed by atoms with Gasteiger partial charge in [0.1, 0.15) is 16.5 Å². The average Bonchev–Trinajstić information content (AvgIpc) is 3.11. The van der Waals surface area contributed by atoms with Crippen molar-refractivity contribution in [3.63, 3.8) is 0 Å². The van der Waals surface area contributed by atoms with Crippen molar-refractivity contribution < 1.29 is 4.74 Å². The first-order valence-electron chi connectivity index (χ1n) is 9.24. The molecule has 0 aromatic carbocycles. The summed E-state index contributed by atoms with van der Waals surface area (Å²) < 4.78 is 5.45. The van der Waals surface area contributed by atoms with Crippen LogP contribution in [0.3, 0.4) is 0 Å². The fraction of sp³-hybridized carbons (Fsp3) is 0.526. The van der Waals surface area contributed by atoms with Crippen LogP contribution in [0.15, 0.2) is 0 Å². The molecule has 1 saturated heterocycles. The number of hydrogen-bond acceptors (Lipinski definition) is 8. The zero-order chi connectivity index (χ0) is 19.0. The van der Waals surface area contributed by atoms with Gasteiger partial charge >= 0.3 is 0 Å². The number of nitrogens with one attached hydrogen (secondary N) is 1. The van der Waals surface area contributed by atoms with Crippen molar-refractivity contribution >= 4 is 38.7 Å². The lowest BCUT2D eigenvalue weighted by atomic mass is 10.2. The van der Waals surface area contributed by atoms with Gasteiger partial charge in [0.25, 0.3) is 0 Å². The number of thiophene rings is 1. The second-order valence-corrected chi connectivity index (χ2v) is 9.54. The molecule has 3 aromatic heterocycles. The molecule has 0 radical (unpaired) electrons. The molecule has 27 heavy (non-hydrogen) atoms. The second-order valence-electron chi connectivity index (χ2n) is 6.93. The third kappa shape index (κ3) is 3.99. The standard InChI is InChI=1S/C19H25N5OS2/c1-11-12(2)27-19-17(11)18(20-9-15-13(3)26-14(4)21-15)22-16(23-19)10-24-5-7-25-8-6-24/h5-10H2,1-4H3,(H,20,22,23). The Morgan fingerprint density at radius 3 is 2.48 bits per heavy atom. The van der Waals surface area contributed by atoms with Crippen molar-refractivity contribution in [3.05, 3.63) is 31.8 Å². The molecule has 4 heterocycles. The van der Waals surface area contributed by atoms with Crippen LogP contribution in [-0.2, 0) is 17.8 Å². The third-order valence-electron chi connectivity index (χ3n) is 4.97. The van der Waals surface area contributed by atoms with Gasteiger partial charge in [0.2, 0.25) is 0 Å². The molecule has 0 spiro atoms. The molecule has 144 valence electrons. The highest BCUT2D eigenvalue weighted by molar-refractivity contribution is 7.18. The second kappa shape index (κ2) is 7.79. The van der Waals surface area contributed by atoms with Gasteiger partial charge in [-0.3, -0.25) is 4.90 Å². The topological polar surface area (TPSA) is 63.2 Å². The minimum atomic E-state index is 0.688. The van der Waals surface area contributed by atoms with Crippen LogP contribution in [-0.4, -0.2) is 46.2 Å². The highest BCUT2D eigenvalue weighted by Gasteiger charge is 2.18. The Morgan fingerprint density at radius 2 is 1.78 bits per heavy atom. The van der Waals surface area contributed by atoms with Crippen LogP contribution in [0.1, 0.15) is 31.8 Å². The van der Waals surface area contributed by atoms with Crippen LogP contribution in [0.5, 0.6) is 0 Å². The maximum absolute atomic E-state index is 5.45. The van der Waals surface area contributed by atoms with E-state index in [-0.39, 0.29) is 0 Å². The zero-order valence-corrected chi connectivity index (χ0v) is 17.9. The Labute approximate surface area is 167 Å². The van der Waals surface area contributed by atoms with E-state index in [1.807, 2.05) is 0 Å². The Hall–Kier alpha value is -1.61. The van der Waals surface area contributed by atoms with E-state index >= 15 is 0 Å². The van der Waals surface area contributed by atoms with Gasteiger partial charge in [0.05, 0.1) is 42.4 Å². The Balaban J connectivity index is 1.64. The first-order chi connectivity index (χ1) is 13.0. The van der Waals surface area contributed by atoms with Gasteiger partial charge in [0, 0.05) is 22.8 Å². The molecule has 1 aliphatic rings. The van der Waals surface area contributed by atoms with E-state index in [9.17, 15) is 0 Å². The molecule has 0 amide bonds. The van der Waals surface area contributed by atoms with Crippen LogP contribution in [0.4, 0.5) is 5.82 Å². The van der Waals surface area contributed by atoms with Gasteiger partial charge < -0.3 is 10.1 Å². The summed E-state index contributed by atoms with van der Waals surface area (Å²) in [6.07, 6.45) is 0. The van der Waals surface area contributed by atoms with Crippen molar-refractivity contribution in [2.75, 3.05) is 31.6 Å². The molecule has 4 rings (SSSR count). The van der Waals surface area contributed by atoms with Crippen molar-refractivity contribution in [1.82, 2.24) is 19.9 Å². The summed E-state index contributed by atoms with van der Waals surface area (Å²) in [6, 6.07) is 0. The predicted molar refractivity (Wildman–Crippen MR) is 112 cm³/mol. The minimum absolute atomic E-state index is 0.688. The maximum atomic E-state index is 5.45. The summed E-state index contributed by atoms with van der Waals surface area (Å²) in [7, 11) is 0. The van der Waals surface area contributed by atoms with E-state index in [2.05, 4.69) is 42.9 Å². The normalized spacial score (nSPS) is 15.6. The number of rotatable bonds is 5. The van der Waals surface area contributed by atoms with Gasteiger partial charge in [-0.25, -0.2) is 15.0 Å². The summed E-state index contributed by atoms with van der Waals surface area (Å²) in [5.74, 6) is 1.80. The monoisotopic (exact) mass is 403 g/mol. The fourth-order valence-corrected chi connectivity index (χ4v) is 5.24. The number of hydrogen-bond donors (Lipinski definition) is 1. The van der Waals surface area contributed by atoms with Crippen LogP contribution < -0.4 is 5.32 Å². The summed E-state index contributed by atoms with van der Waals surface area (Å²) in [6.45, 7) is 13.4. The molecule has 1 fully saturated rings. The van der Waals surface area contributed by atoms with Crippen molar-refractivity contribution in [2.45, 2.75) is 40.8 Å². The van der Waals surface area contributed by atoms with E-state index < -0.39 is 0 Å². The summed E-state index contributed by atoms with van der Waals surface area (Å²) in [5, 5.41) is 5.80. The number of ether oxygens (including phenoxy) is 1. The molecule has 1 aliphatic heterocycles. The number of thiazole rings is 1. The SMILES string of the molecule is Cc1nc(CNc2nc(CN3CCOCC3)nc3sc(C)c(C)c23)c(C)s1. The van der Waals surface area contributed by atoms with Gasteiger partial charge in [-0.2, -0.15) is 0 Å². The number of fused-ring (bicyclic) bond motifs is 1. The van der Waals surface area contributed by atoms with Crippen molar-refractivity contribution in [3.8, 4) is 0 Å². The maximum Gasteiger partial charge on any atom is 0.146 e. The van der Waals surface area contributed by atoms with Gasteiger partial charge in [0.15, 0.2) is 0 Å². The molecular formula is C19H25N5OS2. The summed E-state index contributed by atoms with van der Waals surface area (Å²) >= 11 is 3.49. The number of aryl methyl sites for hydroxylation is 4. The van der Waals surface area contributed by atoms with Crippen LogP contribution in [0, 0.1) is 27.7 Å². The molecular weight excluding hydrogens is 378 g/mol. The highest BCUT2D eigenvalue weighted by Crippen LogP contribution is 2.33. The van der Waals surface area contributed by atoms with E-state index in [4.69, 9.17) is 14.7 Å². The van der Waals surface area contributed by atoms with Crippen LogP contribution >= 0.6 is 22.7 Å². The molecule has 6 nitrogen and oxygen atoms in total. The zero-order valence-electron chi connectivity index (χ0n) is 16.3.